The van der Waals surface area contributed by atoms with Gasteiger partial charge in [-0.25, -0.2) is 0 Å². The highest BCUT2D eigenvalue weighted by Crippen LogP contribution is 2.37. The third-order valence-corrected chi connectivity index (χ3v) is 5.33. The van der Waals surface area contributed by atoms with Crippen LogP contribution in [0.1, 0.15) is 16.7 Å². The number of methoxy groups -OCH3 is 1. The largest absolute Gasteiger partial charge is 0.494 e. The summed E-state index contributed by atoms with van der Waals surface area (Å²) in [6.07, 6.45) is 1.61. The number of hydrogen-bond donors (Lipinski definition) is 0. The maximum atomic E-state index is 12.6. The average Bonchev–Trinajstić information content (AvgIpc) is 2.84. The molecule has 0 N–H and O–H groups in total. The highest BCUT2D eigenvalue weighted by Gasteiger charge is 2.35. The summed E-state index contributed by atoms with van der Waals surface area (Å²) in [6.45, 7) is 2.23. The number of halogens is 2. The van der Waals surface area contributed by atoms with Crippen LogP contribution in [0.15, 0.2) is 41.3 Å². The SMILES string of the molecule is COc1c(Cl)cc(/C=C2\SC(=O)N(Cc3ccc(C)cc3)C2=O)cc1Cl. The van der Waals surface area contributed by atoms with E-state index in [1.165, 1.54) is 12.0 Å². The van der Waals surface area contributed by atoms with Gasteiger partial charge in [-0.2, -0.15) is 0 Å². The second kappa shape index (κ2) is 7.74. The van der Waals surface area contributed by atoms with E-state index in [1.807, 2.05) is 31.2 Å². The Morgan fingerprint density at radius 2 is 1.73 bits per heavy atom. The molecule has 26 heavy (non-hydrogen) atoms. The van der Waals surface area contributed by atoms with Crippen molar-refractivity contribution in [3.8, 4) is 5.75 Å². The normalized spacial score (nSPS) is 15.8. The number of carbonyl (C=O) groups is 2. The van der Waals surface area contributed by atoms with Gasteiger partial charge in [0.2, 0.25) is 0 Å². The van der Waals surface area contributed by atoms with Gasteiger partial charge in [0.15, 0.2) is 5.75 Å². The second-order valence-corrected chi connectivity index (χ2v) is 7.58. The number of amides is 2. The summed E-state index contributed by atoms with van der Waals surface area (Å²) < 4.78 is 5.11. The third-order valence-electron chi connectivity index (χ3n) is 3.86. The summed E-state index contributed by atoms with van der Waals surface area (Å²) in [5, 5.41) is 0.378. The van der Waals surface area contributed by atoms with Crippen LogP contribution in [-0.2, 0) is 11.3 Å². The molecule has 0 aromatic heterocycles. The van der Waals surface area contributed by atoms with Gasteiger partial charge in [-0.05, 0) is 48.0 Å². The molecular formula is C19H15Cl2NO3S. The molecule has 1 fully saturated rings. The van der Waals surface area contributed by atoms with Crippen molar-refractivity contribution >= 4 is 52.2 Å². The molecule has 2 aromatic carbocycles. The third kappa shape index (κ3) is 3.90. The van der Waals surface area contributed by atoms with Crippen LogP contribution in [0.25, 0.3) is 6.08 Å². The first-order valence-electron chi connectivity index (χ1n) is 7.73. The van der Waals surface area contributed by atoms with Gasteiger partial charge in [0, 0.05) is 0 Å². The van der Waals surface area contributed by atoms with Crippen LogP contribution in [0.5, 0.6) is 5.75 Å². The van der Waals surface area contributed by atoms with E-state index < -0.39 is 0 Å². The van der Waals surface area contributed by atoms with Gasteiger partial charge in [0.1, 0.15) is 0 Å². The molecule has 0 bridgehead atoms. The zero-order valence-electron chi connectivity index (χ0n) is 14.1. The second-order valence-electron chi connectivity index (χ2n) is 5.77. The van der Waals surface area contributed by atoms with Crippen molar-refractivity contribution in [1.29, 1.82) is 0 Å². The van der Waals surface area contributed by atoms with E-state index in [0.717, 1.165) is 22.9 Å². The molecule has 0 atom stereocenters. The molecule has 2 amide bonds. The molecular weight excluding hydrogens is 393 g/mol. The minimum atomic E-state index is -0.330. The van der Waals surface area contributed by atoms with E-state index in [0.29, 0.717) is 26.3 Å². The quantitative estimate of drug-likeness (QED) is 0.623. The lowest BCUT2D eigenvalue weighted by Crippen LogP contribution is -2.27. The Kier molecular flexibility index (Phi) is 5.61. The number of benzene rings is 2. The van der Waals surface area contributed by atoms with Crippen LogP contribution >= 0.6 is 35.0 Å². The summed E-state index contributed by atoms with van der Waals surface area (Å²) in [5.41, 5.74) is 2.65. The summed E-state index contributed by atoms with van der Waals surface area (Å²) in [4.78, 5) is 26.4. The number of carbonyl (C=O) groups excluding carboxylic acids is 2. The summed E-state index contributed by atoms with van der Waals surface area (Å²) in [5.74, 6) is 0.0431. The smallest absolute Gasteiger partial charge is 0.293 e. The minimum absolute atomic E-state index is 0.242. The zero-order chi connectivity index (χ0) is 18.8. The number of rotatable bonds is 4. The van der Waals surface area contributed by atoms with Crippen molar-refractivity contribution in [2.24, 2.45) is 0 Å². The molecule has 7 heteroatoms. The molecule has 4 nitrogen and oxygen atoms in total. The van der Waals surface area contributed by atoms with E-state index in [4.69, 9.17) is 27.9 Å². The predicted octanol–water partition coefficient (Wildman–Crippen LogP) is 5.55. The molecule has 3 rings (SSSR count). The van der Waals surface area contributed by atoms with Crippen molar-refractivity contribution in [3.05, 3.63) is 68.0 Å². The maximum absolute atomic E-state index is 12.6. The van der Waals surface area contributed by atoms with Crippen LogP contribution < -0.4 is 4.74 Å². The number of imide groups is 1. The lowest BCUT2D eigenvalue weighted by Gasteiger charge is -2.12. The van der Waals surface area contributed by atoms with E-state index in [2.05, 4.69) is 0 Å². The highest BCUT2D eigenvalue weighted by molar-refractivity contribution is 8.18. The topological polar surface area (TPSA) is 46.6 Å². The van der Waals surface area contributed by atoms with Crippen molar-refractivity contribution in [3.63, 3.8) is 0 Å². The van der Waals surface area contributed by atoms with Gasteiger partial charge >= 0.3 is 0 Å². The fourth-order valence-corrected chi connectivity index (χ4v) is 4.02. The first-order chi connectivity index (χ1) is 12.4. The Labute approximate surface area is 165 Å². The van der Waals surface area contributed by atoms with Crippen molar-refractivity contribution < 1.29 is 14.3 Å². The maximum Gasteiger partial charge on any atom is 0.293 e. The Bertz CT molecular complexity index is 886. The van der Waals surface area contributed by atoms with Crippen LogP contribution in [0.4, 0.5) is 4.79 Å². The van der Waals surface area contributed by atoms with Crippen LogP contribution in [0, 0.1) is 6.92 Å². The zero-order valence-corrected chi connectivity index (χ0v) is 16.4. The first-order valence-corrected chi connectivity index (χ1v) is 9.30. The molecule has 1 aliphatic rings. The van der Waals surface area contributed by atoms with Gasteiger partial charge in [0.05, 0.1) is 28.6 Å². The van der Waals surface area contributed by atoms with Crippen LogP contribution in [0.3, 0.4) is 0 Å². The number of nitrogens with zero attached hydrogens (tertiary/aromatic N) is 1. The van der Waals surface area contributed by atoms with Crippen LogP contribution in [-0.4, -0.2) is 23.2 Å². The van der Waals surface area contributed by atoms with Crippen molar-refractivity contribution in [1.82, 2.24) is 4.90 Å². The average molecular weight is 408 g/mol. The molecule has 0 unspecified atom stereocenters. The number of aryl methyl sites for hydroxylation is 1. The van der Waals surface area contributed by atoms with Gasteiger partial charge in [-0.3, -0.25) is 14.5 Å². The monoisotopic (exact) mass is 407 g/mol. The molecule has 0 spiro atoms. The van der Waals surface area contributed by atoms with Crippen molar-refractivity contribution in [2.45, 2.75) is 13.5 Å². The van der Waals surface area contributed by atoms with Crippen LogP contribution in [0.2, 0.25) is 10.0 Å². The fourth-order valence-electron chi connectivity index (χ4n) is 2.52. The van der Waals surface area contributed by atoms with Gasteiger partial charge in [0.25, 0.3) is 11.1 Å². The van der Waals surface area contributed by atoms with E-state index in [-0.39, 0.29) is 17.7 Å². The first kappa shape index (κ1) is 18.8. The molecule has 2 aromatic rings. The standard InChI is InChI=1S/C19H15Cl2NO3S/c1-11-3-5-12(6-4-11)10-22-18(23)16(26-19(22)24)9-13-7-14(20)17(25-2)15(21)8-13/h3-9H,10H2,1-2H3/b16-9-. The minimum Gasteiger partial charge on any atom is -0.494 e. The predicted molar refractivity (Wildman–Crippen MR) is 106 cm³/mol. The Morgan fingerprint density at radius 3 is 2.31 bits per heavy atom. The Hall–Kier alpha value is -1.95. The number of ether oxygens (including phenoxy) is 1. The highest BCUT2D eigenvalue weighted by atomic mass is 35.5. The molecule has 0 saturated carbocycles. The Balaban J connectivity index is 1.84. The van der Waals surface area contributed by atoms with E-state index in [1.54, 1.807) is 18.2 Å². The molecule has 0 aliphatic carbocycles. The lowest BCUT2D eigenvalue weighted by molar-refractivity contribution is -0.123. The van der Waals surface area contributed by atoms with Crippen molar-refractivity contribution in [2.75, 3.05) is 7.11 Å². The van der Waals surface area contributed by atoms with Gasteiger partial charge in [-0.1, -0.05) is 53.0 Å². The molecule has 1 saturated heterocycles. The number of thioether (sulfide) groups is 1. The summed E-state index contributed by atoms with van der Waals surface area (Å²) >= 11 is 13.2. The summed E-state index contributed by atoms with van der Waals surface area (Å²) in [7, 11) is 1.48. The lowest BCUT2D eigenvalue weighted by atomic mass is 10.1. The molecule has 134 valence electrons. The van der Waals surface area contributed by atoms with Gasteiger partial charge < -0.3 is 4.74 Å². The summed E-state index contributed by atoms with van der Waals surface area (Å²) in [6, 6.07) is 11.0. The van der Waals surface area contributed by atoms with Gasteiger partial charge in [-0.15, -0.1) is 0 Å². The molecule has 0 radical (unpaired) electrons. The van der Waals surface area contributed by atoms with E-state index in [9.17, 15) is 9.59 Å². The fraction of sp³-hybridized carbons (Fsp3) is 0.158. The van der Waals surface area contributed by atoms with E-state index >= 15 is 0 Å². The molecule has 1 heterocycles. The number of hydrogen-bond acceptors (Lipinski definition) is 4. The Morgan fingerprint density at radius 1 is 1.12 bits per heavy atom. The molecule has 1 aliphatic heterocycles.